The van der Waals surface area contributed by atoms with E-state index in [4.69, 9.17) is 22.2 Å². The molecule has 2 aromatic rings. The first-order valence-corrected chi connectivity index (χ1v) is 11.8. The SMILES string of the molecule is CO/N=C(\C(=O)N[C@@H]1C(=O)N2C(C(=O)O)=C(C[n+]3cccc(Cl)c3)CS[C@H]12)c1csc(N)n1. The maximum Gasteiger partial charge on any atom is 0.352 e. The summed E-state index contributed by atoms with van der Waals surface area (Å²) < 4.78 is 1.75. The van der Waals surface area contributed by atoms with Crippen LogP contribution >= 0.6 is 34.7 Å². The molecule has 1 saturated heterocycles. The summed E-state index contributed by atoms with van der Waals surface area (Å²) in [6, 6.07) is 2.54. The molecule has 0 unspecified atom stereocenters. The maximum absolute atomic E-state index is 12.9. The second kappa shape index (κ2) is 9.37. The number of carbonyl (C=O) groups is 3. The van der Waals surface area contributed by atoms with Gasteiger partial charge in [0, 0.05) is 22.8 Å². The molecule has 0 spiro atoms. The van der Waals surface area contributed by atoms with E-state index in [9.17, 15) is 19.5 Å². The normalized spacial score (nSPS) is 20.2. The number of halogens is 1. The van der Waals surface area contributed by atoms with Crippen LogP contribution in [0.1, 0.15) is 5.69 Å². The fourth-order valence-electron chi connectivity index (χ4n) is 3.52. The lowest BCUT2D eigenvalue weighted by Crippen LogP contribution is -2.71. The van der Waals surface area contributed by atoms with E-state index in [-0.39, 0.29) is 28.8 Å². The molecule has 2 atom stereocenters. The summed E-state index contributed by atoms with van der Waals surface area (Å²) >= 11 is 8.51. The van der Waals surface area contributed by atoms with E-state index in [0.717, 1.165) is 11.3 Å². The predicted molar refractivity (Wildman–Crippen MR) is 121 cm³/mol. The Labute approximate surface area is 200 Å². The van der Waals surface area contributed by atoms with Crippen molar-refractivity contribution >= 4 is 63.3 Å². The summed E-state index contributed by atoms with van der Waals surface area (Å²) in [6.45, 7) is 0.263. The second-order valence-corrected chi connectivity index (χ2v) is 9.44. The highest BCUT2D eigenvalue weighted by atomic mass is 35.5. The van der Waals surface area contributed by atoms with Gasteiger partial charge in [-0.1, -0.05) is 16.8 Å². The van der Waals surface area contributed by atoms with Crippen LogP contribution in [0.4, 0.5) is 5.13 Å². The van der Waals surface area contributed by atoms with Crippen molar-refractivity contribution in [2.75, 3.05) is 18.6 Å². The topological polar surface area (TPSA) is 151 Å². The highest BCUT2D eigenvalue weighted by molar-refractivity contribution is 8.00. The molecule has 33 heavy (non-hydrogen) atoms. The molecule has 11 nitrogen and oxygen atoms in total. The Morgan fingerprint density at radius 1 is 1.52 bits per heavy atom. The molecule has 172 valence electrons. The molecule has 4 heterocycles. The van der Waals surface area contributed by atoms with Gasteiger partial charge in [0.1, 0.15) is 34.9 Å². The van der Waals surface area contributed by atoms with Crippen LogP contribution in [-0.2, 0) is 25.8 Å². The zero-order chi connectivity index (χ0) is 23.7. The Morgan fingerprint density at radius 3 is 2.94 bits per heavy atom. The summed E-state index contributed by atoms with van der Waals surface area (Å²) in [7, 11) is 1.28. The highest BCUT2D eigenvalue weighted by Crippen LogP contribution is 2.40. The van der Waals surface area contributed by atoms with Gasteiger partial charge in [0.05, 0.1) is 0 Å². The number of β-lactam (4-membered cyclic amide) rings is 1. The average molecular weight is 510 g/mol. The molecule has 4 N–H and O–H groups in total. The van der Waals surface area contributed by atoms with Crippen molar-refractivity contribution in [3.63, 3.8) is 0 Å². The fraction of sp³-hybridized carbons (Fsp3) is 0.263. The van der Waals surface area contributed by atoms with Gasteiger partial charge in [-0.25, -0.2) is 9.78 Å². The molecule has 2 aliphatic rings. The first-order chi connectivity index (χ1) is 15.8. The quantitative estimate of drug-likeness (QED) is 0.211. The summed E-state index contributed by atoms with van der Waals surface area (Å²) in [5.41, 5.74) is 6.18. The van der Waals surface area contributed by atoms with Crippen molar-refractivity contribution in [1.29, 1.82) is 0 Å². The molecule has 2 aliphatic heterocycles. The van der Waals surface area contributed by atoms with Crippen LogP contribution in [0.5, 0.6) is 0 Å². The van der Waals surface area contributed by atoms with E-state index >= 15 is 0 Å². The number of rotatable bonds is 7. The van der Waals surface area contributed by atoms with Crippen LogP contribution in [0.3, 0.4) is 0 Å². The number of oxime groups is 1. The van der Waals surface area contributed by atoms with Crippen LogP contribution < -0.4 is 15.6 Å². The van der Waals surface area contributed by atoms with Crippen molar-refractivity contribution < 1.29 is 28.9 Å². The third kappa shape index (κ3) is 4.51. The number of hydrogen-bond donors (Lipinski definition) is 3. The standard InChI is InChI=1S/C19H17ClN6O5S2/c1-31-24-12(11-8-33-19(21)22-11)15(27)23-13-16(28)26-14(18(29)30)9(7-32-17(13)26)5-25-4-2-3-10(20)6-25/h2-4,6,8,13,17H,5,7H2,1H3,(H3-,21,22,23,27,29,30)/p+1/b24-12-/t13-,17-/m1/s1. The zero-order valence-corrected chi connectivity index (χ0v) is 19.5. The predicted octanol–water partition coefficient (Wildman–Crippen LogP) is 0.456. The van der Waals surface area contributed by atoms with E-state index in [0.29, 0.717) is 16.3 Å². The van der Waals surface area contributed by atoms with Gasteiger partial charge in [0.25, 0.3) is 11.8 Å². The van der Waals surface area contributed by atoms with Crippen LogP contribution in [0, 0.1) is 0 Å². The van der Waals surface area contributed by atoms with Crippen molar-refractivity contribution in [2.24, 2.45) is 5.16 Å². The fourth-order valence-corrected chi connectivity index (χ4v) is 5.60. The number of pyridine rings is 1. The monoisotopic (exact) mass is 509 g/mol. The number of nitrogens with one attached hydrogen (secondary N) is 1. The van der Waals surface area contributed by atoms with Crippen LogP contribution in [0.2, 0.25) is 5.02 Å². The molecule has 4 rings (SSSR count). The van der Waals surface area contributed by atoms with Gasteiger partial charge in [0.15, 0.2) is 29.8 Å². The minimum absolute atomic E-state index is 0.0835. The lowest BCUT2D eigenvalue weighted by atomic mass is 10.0. The van der Waals surface area contributed by atoms with Crippen molar-refractivity contribution in [3.05, 3.63) is 51.9 Å². The molecule has 0 radical (unpaired) electrons. The van der Waals surface area contributed by atoms with Crippen LogP contribution in [0.25, 0.3) is 0 Å². The minimum Gasteiger partial charge on any atom is -0.477 e. The zero-order valence-electron chi connectivity index (χ0n) is 17.1. The molecular formula is C19H18ClN6O5S2+. The van der Waals surface area contributed by atoms with Crippen molar-refractivity contribution in [1.82, 2.24) is 15.2 Å². The Balaban J connectivity index is 1.54. The third-order valence-corrected chi connectivity index (χ3v) is 7.13. The van der Waals surface area contributed by atoms with Crippen molar-refractivity contribution in [3.8, 4) is 0 Å². The van der Waals surface area contributed by atoms with Gasteiger partial charge in [0.2, 0.25) is 0 Å². The van der Waals surface area contributed by atoms with E-state index < -0.39 is 29.2 Å². The lowest BCUT2D eigenvalue weighted by Gasteiger charge is -2.49. The molecule has 0 aromatic carbocycles. The number of fused-ring (bicyclic) bond motifs is 1. The smallest absolute Gasteiger partial charge is 0.352 e. The molecule has 2 aromatic heterocycles. The van der Waals surface area contributed by atoms with E-state index in [1.807, 2.05) is 0 Å². The number of hydrogen-bond acceptors (Lipinski definition) is 9. The average Bonchev–Trinajstić information content (AvgIpc) is 3.21. The Kier molecular flexibility index (Phi) is 6.54. The molecule has 1 fully saturated rings. The number of thiazole rings is 1. The Hall–Kier alpha value is -3.16. The summed E-state index contributed by atoms with van der Waals surface area (Å²) in [5, 5.41) is 17.9. The van der Waals surface area contributed by atoms with Crippen LogP contribution in [0.15, 0.2) is 46.3 Å². The van der Waals surface area contributed by atoms with Gasteiger partial charge >= 0.3 is 5.97 Å². The first-order valence-electron chi connectivity index (χ1n) is 9.48. The molecule has 0 aliphatic carbocycles. The Bertz CT molecular complexity index is 1200. The number of carboxylic acid groups (broad SMARTS) is 1. The number of thioether (sulfide) groups is 1. The van der Waals surface area contributed by atoms with E-state index in [2.05, 4.69) is 15.5 Å². The first kappa shape index (κ1) is 23.0. The number of carbonyl (C=O) groups excluding carboxylic acids is 2. The van der Waals surface area contributed by atoms with Crippen LogP contribution in [-0.4, -0.2) is 62.8 Å². The largest absolute Gasteiger partial charge is 0.477 e. The molecule has 0 saturated carbocycles. The number of aliphatic carboxylic acids is 1. The van der Waals surface area contributed by atoms with Gasteiger partial charge in [-0.3, -0.25) is 14.5 Å². The molecule has 2 amide bonds. The molecule has 0 bridgehead atoms. The minimum atomic E-state index is -1.21. The number of anilines is 1. The maximum atomic E-state index is 12.9. The summed E-state index contributed by atoms with van der Waals surface area (Å²) in [4.78, 5) is 47.7. The molecular weight excluding hydrogens is 492 g/mol. The Morgan fingerprint density at radius 2 is 2.30 bits per heavy atom. The number of nitrogen functional groups attached to an aromatic ring is 1. The number of nitrogens with zero attached hydrogens (tertiary/aromatic N) is 4. The van der Waals surface area contributed by atoms with Gasteiger partial charge in [-0.15, -0.1) is 23.1 Å². The number of carboxylic acids is 1. The number of nitrogens with two attached hydrogens (primary N) is 1. The third-order valence-electron chi connectivity index (χ3n) is 4.89. The number of amides is 2. The van der Waals surface area contributed by atoms with E-state index in [1.54, 1.807) is 34.5 Å². The summed E-state index contributed by atoms with van der Waals surface area (Å²) in [5.74, 6) is -2.05. The second-order valence-electron chi connectivity index (χ2n) is 7.01. The van der Waals surface area contributed by atoms with Gasteiger partial charge in [-0.05, 0) is 6.07 Å². The number of aromatic nitrogens is 2. The van der Waals surface area contributed by atoms with Crippen molar-refractivity contribution in [2.45, 2.75) is 18.0 Å². The van der Waals surface area contributed by atoms with Gasteiger partial charge in [-0.2, -0.15) is 4.57 Å². The molecule has 14 heteroatoms. The van der Waals surface area contributed by atoms with Gasteiger partial charge < -0.3 is 21.0 Å². The van der Waals surface area contributed by atoms with E-state index in [1.165, 1.54) is 23.8 Å². The summed E-state index contributed by atoms with van der Waals surface area (Å²) in [6.07, 6.45) is 3.44. The lowest BCUT2D eigenvalue weighted by molar-refractivity contribution is -0.689. The highest BCUT2D eigenvalue weighted by Gasteiger charge is 2.54.